The normalized spacial score (nSPS) is 15.1. The molecule has 0 heterocycles. The monoisotopic (exact) mass is 257 g/mol. The first-order valence-corrected chi connectivity index (χ1v) is 6.25. The summed E-state index contributed by atoms with van der Waals surface area (Å²) in [5, 5.41) is 12.2. The van der Waals surface area contributed by atoms with Crippen molar-refractivity contribution in [3.8, 4) is 0 Å². The van der Waals surface area contributed by atoms with Crippen LogP contribution in [0.5, 0.6) is 0 Å². The highest BCUT2D eigenvalue weighted by molar-refractivity contribution is 5.18. The van der Waals surface area contributed by atoms with Crippen molar-refractivity contribution >= 4 is 0 Å². The fraction of sp³-hybridized carbons (Fsp3) is 0.571. The molecule has 0 aliphatic carbocycles. The molecule has 1 aromatic carbocycles. The Morgan fingerprint density at radius 2 is 1.78 bits per heavy atom. The molecular weight excluding hydrogens is 236 g/mol. The van der Waals surface area contributed by atoms with Gasteiger partial charge >= 0.3 is 0 Å². The summed E-state index contributed by atoms with van der Waals surface area (Å²) in [6.07, 6.45) is -3.46. The third-order valence-corrected chi connectivity index (χ3v) is 2.77. The first-order chi connectivity index (χ1) is 8.50. The fourth-order valence-electron chi connectivity index (χ4n) is 1.85. The third-order valence-electron chi connectivity index (χ3n) is 2.77. The number of aliphatic hydroxyl groups excluding tert-OH is 1. The van der Waals surface area contributed by atoms with E-state index in [1.165, 1.54) is 0 Å². The van der Waals surface area contributed by atoms with Gasteiger partial charge in [-0.25, -0.2) is 8.78 Å². The molecule has 102 valence electrons. The number of alkyl halides is 2. The number of nitrogens with one attached hydrogen (secondary N) is 1. The first kappa shape index (κ1) is 15.1. The molecule has 0 aliphatic rings. The maximum absolute atomic E-state index is 12.3. The van der Waals surface area contributed by atoms with Crippen LogP contribution < -0.4 is 5.32 Å². The van der Waals surface area contributed by atoms with Gasteiger partial charge in [0.2, 0.25) is 0 Å². The van der Waals surface area contributed by atoms with Gasteiger partial charge in [-0.15, -0.1) is 0 Å². The highest BCUT2D eigenvalue weighted by atomic mass is 19.3. The van der Waals surface area contributed by atoms with Crippen molar-refractivity contribution < 1.29 is 13.9 Å². The van der Waals surface area contributed by atoms with Gasteiger partial charge in [0.05, 0.1) is 0 Å². The van der Waals surface area contributed by atoms with Gasteiger partial charge in [-0.1, -0.05) is 44.2 Å². The largest absolute Gasteiger partial charge is 0.386 e. The number of hydrogen-bond acceptors (Lipinski definition) is 2. The molecule has 0 bridgehead atoms. The molecule has 1 aromatic rings. The van der Waals surface area contributed by atoms with Crippen LogP contribution in [0.2, 0.25) is 0 Å². The van der Waals surface area contributed by atoms with Crippen molar-refractivity contribution in [1.29, 1.82) is 0 Å². The van der Waals surface area contributed by atoms with Gasteiger partial charge in [0, 0.05) is 12.6 Å². The van der Waals surface area contributed by atoms with E-state index in [-0.39, 0.29) is 12.6 Å². The minimum absolute atomic E-state index is 0.000370. The minimum atomic E-state index is -2.70. The maximum atomic E-state index is 12.3. The molecule has 0 saturated carbocycles. The second-order valence-corrected chi connectivity index (χ2v) is 4.90. The Labute approximate surface area is 107 Å². The molecule has 0 aromatic heterocycles. The molecule has 4 heteroatoms. The average Bonchev–Trinajstić information content (AvgIpc) is 2.34. The molecular formula is C14H21F2NO. The molecule has 2 nitrogen and oxygen atoms in total. The summed E-state index contributed by atoms with van der Waals surface area (Å²) in [5.41, 5.74) is 1.06. The lowest BCUT2D eigenvalue weighted by molar-refractivity contribution is -0.00495. The standard InChI is InChI=1S/C14H21F2NO/c1-10(2)8-12(11-6-4-3-5-7-11)17-9-13(18)14(15)16/h3-7,10,12-14,17-18H,8-9H2,1-2H3. The van der Waals surface area contributed by atoms with Gasteiger partial charge in [0.25, 0.3) is 6.43 Å². The van der Waals surface area contributed by atoms with Crippen molar-refractivity contribution in [1.82, 2.24) is 5.32 Å². The van der Waals surface area contributed by atoms with E-state index < -0.39 is 12.5 Å². The van der Waals surface area contributed by atoms with E-state index in [2.05, 4.69) is 19.2 Å². The molecule has 0 saturated heterocycles. The van der Waals surface area contributed by atoms with Crippen LogP contribution in [-0.2, 0) is 0 Å². The van der Waals surface area contributed by atoms with E-state index in [4.69, 9.17) is 5.11 Å². The highest BCUT2D eigenvalue weighted by Gasteiger charge is 2.19. The smallest absolute Gasteiger partial charge is 0.265 e. The summed E-state index contributed by atoms with van der Waals surface area (Å²) >= 11 is 0. The van der Waals surface area contributed by atoms with Gasteiger partial charge in [-0.05, 0) is 17.9 Å². The predicted octanol–water partition coefficient (Wildman–Crippen LogP) is 2.99. The summed E-state index contributed by atoms with van der Waals surface area (Å²) in [4.78, 5) is 0. The Hall–Kier alpha value is -1.00. The van der Waals surface area contributed by atoms with E-state index in [1.807, 2.05) is 30.3 Å². The summed E-state index contributed by atoms with van der Waals surface area (Å²) < 4.78 is 24.5. The van der Waals surface area contributed by atoms with Crippen molar-refractivity contribution in [2.45, 2.75) is 38.8 Å². The second-order valence-electron chi connectivity index (χ2n) is 4.90. The molecule has 0 aliphatic heterocycles. The zero-order chi connectivity index (χ0) is 13.5. The highest BCUT2D eigenvalue weighted by Crippen LogP contribution is 2.21. The van der Waals surface area contributed by atoms with Crippen molar-refractivity contribution in [2.75, 3.05) is 6.54 Å². The quantitative estimate of drug-likeness (QED) is 0.787. The predicted molar refractivity (Wildman–Crippen MR) is 68.7 cm³/mol. The Bertz CT molecular complexity index is 330. The lowest BCUT2D eigenvalue weighted by Crippen LogP contribution is -2.35. The molecule has 0 spiro atoms. The minimum Gasteiger partial charge on any atom is -0.386 e. The summed E-state index contributed by atoms with van der Waals surface area (Å²) in [6.45, 7) is 4.08. The van der Waals surface area contributed by atoms with Crippen molar-refractivity contribution in [3.05, 3.63) is 35.9 Å². The lowest BCUT2D eigenvalue weighted by atomic mass is 9.97. The third kappa shape index (κ3) is 5.10. The van der Waals surface area contributed by atoms with Crippen molar-refractivity contribution in [2.24, 2.45) is 5.92 Å². The Balaban J connectivity index is 2.62. The topological polar surface area (TPSA) is 32.3 Å². The Kier molecular flexibility index (Phi) is 6.22. The fourth-order valence-corrected chi connectivity index (χ4v) is 1.85. The van der Waals surface area contributed by atoms with Crippen LogP contribution in [0.25, 0.3) is 0 Å². The van der Waals surface area contributed by atoms with Gasteiger partial charge in [-0.2, -0.15) is 0 Å². The molecule has 2 N–H and O–H groups in total. The summed E-state index contributed by atoms with van der Waals surface area (Å²) in [6, 6.07) is 9.70. The molecule has 18 heavy (non-hydrogen) atoms. The van der Waals surface area contributed by atoms with Crippen LogP contribution >= 0.6 is 0 Å². The molecule has 1 rings (SSSR count). The number of rotatable bonds is 7. The van der Waals surface area contributed by atoms with E-state index in [1.54, 1.807) is 0 Å². The summed E-state index contributed by atoms with van der Waals surface area (Å²) in [7, 11) is 0. The SMILES string of the molecule is CC(C)CC(NCC(O)C(F)F)c1ccccc1. The zero-order valence-corrected chi connectivity index (χ0v) is 10.8. The van der Waals surface area contributed by atoms with Crippen LogP contribution in [-0.4, -0.2) is 24.2 Å². The molecule has 2 unspecified atom stereocenters. The van der Waals surface area contributed by atoms with Gasteiger partial charge < -0.3 is 10.4 Å². The maximum Gasteiger partial charge on any atom is 0.265 e. The van der Waals surface area contributed by atoms with Gasteiger partial charge in [0.1, 0.15) is 6.10 Å². The molecule has 0 radical (unpaired) electrons. The molecule has 0 fully saturated rings. The average molecular weight is 257 g/mol. The van der Waals surface area contributed by atoms with Gasteiger partial charge in [-0.3, -0.25) is 0 Å². The summed E-state index contributed by atoms with van der Waals surface area (Å²) in [5.74, 6) is 0.450. The number of hydrogen-bond donors (Lipinski definition) is 2. The van der Waals surface area contributed by atoms with E-state index >= 15 is 0 Å². The Morgan fingerprint density at radius 1 is 1.17 bits per heavy atom. The number of aliphatic hydroxyl groups is 1. The number of benzene rings is 1. The van der Waals surface area contributed by atoms with E-state index in [0.717, 1.165) is 12.0 Å². The van der Waals surface area contributed by atoms with E-state index in [9.17, 15) is 8.78 Å². The van der Waals surface area contributed by atoms with Gasteiger partial charge in [0.15, 0.2) is 0 Å². The van der Waals surface area contributed by atoms with Crippen molar-refractivity contribution in [3.63, 3.8) is 0 Å². The van der Waals surface area contributed by atoms with Crippen LogP contribution in [0.1, 0.15) is 31.9 Å². The van der Waals surface area contributed by atoms with Crippen LogP contribution in [0.3, 0.4) is 0 Å². The zero-order valence-electron chi connectivity index (χ0n) is 10.8. The Morgan fingerprint density at radius 3 is 2.28 bits per heavy atom. The second kappa shape index (κ2) is 7.44. The molecule has 2 atom stereocenters. The van der Waals surface area contributed by atoms with Crippen LogP contribution in [0, 0.1) is 5.92 Å². The lowest BCUT2D eigenvalue weighted by Gasteiger charge is -2.22. The molecule has 0 amide bonds. The number of halogens is 2. The van der Waals surface area contributed by atoms with Crippen LogP contribution in [0.15, 0.2) is 30.3 Å². The van der Waals surface area contributed by atoms with Crippen LogP contribution in [0.4, 0.5) is 8.78 Å². The first-order valence-electron chi connectivity index (χ1n) is 6.25. The van der Waals surface area contributed by atoms with E-state index in [0.29, 0.717) is 5.92 Å².